The zero-order valence-electron chi connectivity index (χ0n) is 16.6. The molecule has 4 rings (SSSR count). The summed E-state index contributed by atoms with van der Waals surface area (Å²) in [4.78, 5) is 31.6. The van der Waals surface area contributed by atoms with Crippen molar-refractivity contribution in [2.75, 3.05) is 6.61 Å². The lowest BCUT2D eigenvalue weighted by atomic mass is 9.95. The number of Topliss-reactive ketones (excluding diaryl/α,β-unsaturated/α-hetero) is 1. The van der Waals surface area contributed by atoms with Gasteiger partial charge in [-0.1, -0.05) is 30.9 Å². The summed E-state index contributed by atoms with van der Waals surface area (Å²) in [6.07, 6.45) is 6.28. The maximum absolute atomic E-state index is 13.1. The Morgan fingerprint density at radius 2 is 2.03 bits per heavy atom. The average molecular weight is 416 g/mol. The molecule has 1 N–H and O–H groups in total. The van der Waals surface area contributed by atoms with E-state index in [0.717, 1.165) is 5.56 Å². The maximum Gasteiger partial charge on any atom is 0.290 e. The second-order valence-electron chi connectivity index (χ2n) is 6.93. The van der Waals surface area contributed by atoms with E-state index >= 15 is 0 Å². The first-order valence-corrected chi connectivity index (χ1v) is 9.65. The molecule has 2 aromatic heterocycles. The summed E-state index contributed by atoms with van der Waals surface area (Å²) in [5.74, 6) is -1.08. The topological polar surface area (TPSA) is 92.9 Å². The van der Waals surface area contributed by atoms with Gasteiger partial charge in [0.05, 0.1) is 17.9 Å². The lowest BCUT2D eigenvalue weighted by molar-refractivity contribution is -0.130. The minimum Gasteiger partial charge on any atom is -0.503 e. The van der Waals surface area contributed by atoms with E-state index in [-0.39, 0.29) is 17.9 Å². The Hall–Kier alpha value is -4.13. The minimum absolute atomic E-state index is 0.0244. The molecule has 0 saturated heterocycles. The molecule has 1 aromatic carbocycles. The number of nitrogens with zero attached hydrogens (tertiary/aromatic N) is 2. The lowest BCUT2D eigenvalue weighted by Gasteiger charge is -2.26. The number of furan rings is 1. The number of rotatable bonds is 8. The third kappa shape index (κ3) is 3.98. The van der Waals surface area contributed by atoms with Gasteiger partial charge in [0.25, 0.3) is 5.91 Å². The lowest BCUT2D eigenvalue weighted by Crippen LogP contribution is -2.30. The smallest absolute Gasteiger partial charge is 0.290 e. The van der Waals surface area contributed by atoms with Crippen molar-refractivity contribution in [3.8, 4) is 5.75 Å². The SMILES string of the molecule is C=CCOc1ccc([C@@H]2C(C(=O)c3ccco3)=C(O)C(=O)N2Cc2cccnc2)cc1. The summed E-state index contributed by atoms with van der Waals surface area (Å²) in [5.41, 5.74) is 1.40. The zero-order chi connectivity index (χ0) is 21.8. The van der Waals surface area contributed by atoms with Crippen LogP contribution in [0.3, 0.4) is 0 Å². The van der Waals surface area contributed by atoms with Gasteiger partial charge in [0.15, 0.2) is 11.5 Å². The van der Waals surface area contributed by atoms with Crippen molar-refractivity contribution in [1.29, 1.82) is 0 Å². The van der Waals surface area contributed by atoms with Crippen LogP contribution in [0, 0.1) is 0 Å². The summed E-state index contributed by atoms with van der Waals surface area (Å²) in [6, 6.07) is 12.9. The molecule has 0 saturated carbocycles. The highest BCUT2D eigenvalue weighted by Gasteiger charge is 2.44. The van der Waals surface area contributed by atoms with Gasteiger partial charge in [-0.2, -0.15) is 0 Å². The largest absolute Gasteiger partial charge is 0.503 e. The van der Waals surface area contributed by atoms with Gasteiger partial charge in [-0.3, -0.25) is 14.6 Å². The van der Waals surface area contributed by atoms with Crippen molar-refractivity contribution in [3.05, 3.63) is 108 Å². The van der Waals surface area contributed by atoms with Gasteiger partial charge in [0.2, 0.25) is 5.78 Å². The van der Waals surface area contributed by atoms with Crippen LogP contribution in [0.15, 0.2) is 95.6 Å². The van der Waals surface area contributed by atoms with Crippen LogP contribution in [-0.4, -0.2) is 33.3 Å². The predicted molar refractivity (Wildman–Crippen MR) is 112 cm³/mol. The standard InChI is InChI=1S/C24H20N2O5/c1-2-12-30-18-9-7-17(8-10-18)21-20(22(27)19-6-4-13-31-19)23(28)24(29)26(21)15-16-5-3-11-25-14-16/h2-11,13-14,21,28H,1,12,15H2/t21-/m1/s1. The third-order valence-electron chi connectivity index (χ3n) is 4.93. The van der Waals surface area contributed by atoms with Crippen LogP contribution in [-0.2, 0) is 11.3 Å². The number of aliphatic hydroxyl groups is 1. The number of aromatic nitrogens is 1. The predicted octanol–water partition coefficient (Wildman–Crippen LogP) is 4.02. The number of benzene rings is 1. The van der Waals surface area contributed by atoms with Crippen LogP contribution in [0.5, 0.6) is 5.75 Å². The molecule has 7 heteroatoms. The van der Waals surface area contributed by atoms with Gasteiger partial charge in [0.1, 0.15) is 12.4 Å². The highest BCUT2D eigenvalue weighted by molar-refractivity contribution is 6.14. The molecule has 0 fully saturated rings. The van der Waals surface area contributed by atoms with E-state index in [0.29, 0.717) is 17.9 Å². The van der Waals surface area contributed by atoms with Crippen molar-refractivity contribution in [2.45, 2.75) is 12.6 Å². The van der Waals surface area contributed by atoms with Crippen molar-refractivity contribution in [1.82, 2.24) is 9.88 Å². The Morgan fingerprint density at radius 1 is 1.23 bits per heavy atom. The summed E-state index contributed by atoms with van der Waals surface area (Å²) in [5, 5.41) is 10.7. The highest BCUT2D eigenvalue weighted by atomic mass is 16.5. The van der Waals surface area contributed by atoms with Gasteiger partial charge in [-0.05, 0) is 41.5 Å². The van der Waals surface area contributed by atoms with Crippen molar-refractivity contribution < 1.29 is 23.8 Å². The normalized spacial score (nSPS) is 15.9. The first-order chi connectivity index (χ1) is 15.1. The molecule has 0 aliphatic carbocycles. The number of hydrogen-bond acceptors (Lipinski definition) is 6. The van der Waals surface area contributed by atoms with E-state index in [2.05, 4.69) is 11.6 Å². The van der Waals surface area contributed by atoms with E-state index in [4.69, 9.17) is 9.15 Å². The molecular weight excluding hydrogens is 396 g/mol. The molecule has 1 atom stereocenters. The molecule has 7 nitrogen and oxygen atoms in total. The quantitative estimate of drug-likeness (QED) is 0.440. The highest BCUT2D eigenvalue weighted by Crippen LogP contribution is 2.40. The maximum atomic E-state index is 13.1. The molecule has 156 valence electrons. The second kappa shape index (κ2) is 8.71. The average Bonchev–Trinajstić information content (AvgIpc) is 3.42. The molecule has 0 spiro atoms. The van der Waals surface area contributed by atoms with Crippen LogP contribution in [0.1, 0.15) is 27.7 Å². The molecule has 0 radical (unpaired) electrons. The monoisotopic (exact) mass is 416 g/mol. The Labute approximate surface area is 178 Å². The first-order valence-electron chi connectivity index (χ1n) is 9.65. The van der Waals surface area contributed by atoms with Crippen molar-refractivity contribution >= 4 is 11.7 Å². The molecule has 0 unspecified atom stereocenters. The molecule has 31 heavy (non-hydrogen) atoms. The molecule has 0 bridgehead atoms. The number of aliphatic hydroxyl groups excluding tert-OH is 1. The Bertz CT molecular complexity index is 1120. The Morgan fingerprint density at radius 3 is 2.68 bits per heavy atom. The number of ether oxygens (including phenoxy) is 1. The van der Waals surface area contributed by atoms with Crippen LogP contribution in [0.25, 0.3) is 0 Å². The fourth-order valence-electron chi connectivity index (χ4n) is 3.53. The summed E-state index contributed by atoms with van der Waals surface area (Å²) >= 11 is 0. The number of ketones is 1. The summed E-state index contributed by atoms with van der Waals surface area (Å²) < 4.78 is 10.7. The number of carbonyl (C=O) groups is 2. The van der Waals surface area contributed by atoms with Crippen LogP contribution in [0.4, 0.5) is 0 Å². The van der Waals surface area contributed by atoms with Gasteiger partial charge in [0, 0.05) is 18.9 Å². The van der Waals surface area contributed by atoms with Crippen LogP contribution in [0.2, 0.25) is 0 Å². The molecule has 1 aliphatic rings. The molecule has 3 heterocycles. The van der Waals surface area contributed by atoms with Gasteiger partial charge < -0.3 is 19.2 Å². The number of amides is 1. The van der Waals surface area contributed by atoms with Crippen LogP contribution >= 0.6 is 0 Å². The van der Waals surface area contributed by atoms with Crippen molar-refractivity contribution in [3.63, 3.8) is 0 Å². The van der Waals surface area contributed by atoms with Gasteiger partial charge in [-0.15, -0.1) is 0 Å². The van der Waals surface area contributed by atoms with Gasteiger partial charge >= 0.3 is 0 Å². The Balaban J connectivity index is 1.74. The number of pyridine rings is 1. The Kier molecular flexibility index (Phi) is 5.66. The first kappa shape index (κ1) is 20.2. The fourth-order valence-corrected chi connectivity index (χ4v) is 3.53. The number of carbonyl (C=O) groups excluding carboxylic acids is 2. The third-order valence-corrected chi connectivity index (χ3v) is 4.93. The van der Waals surface area contributed by atoms with E-state index in [1.165, 1.54) is 17.2 Å². The van der Waals surface area contributed by atoms with Crippen LogP contribution < -0.4 is 4.74 Å². The summed E-state index contributed by atoms with van der Waals surface area (Å²) in [7, 11) is 0. The van der Waals surface area contributed by atoms with Crippen molar-refractivity contribution in [2.24, 2.45) is 0 Å². The van der Waals surface area contributed by atoms with E-state index in [1.807, 2.05) is 6.07 Å². The zero-order valence-corrected chi connectivity index (χ0v) is 16.6. The molecular formula is C24H20N2O5. The van der Waals surface area contributed by atoms with E-state index in [1.54, 1.807) is 54.9 Å². The minimum atomic E-state index is -0.793. The molecule has 1 aliphatic heterocycles. The molecule has 1 amide bonds. The summed E-state index contributed by atoms with van der Waals surface area (Å²) in [6.45, 7) is 4.15. The van der Waals surface area contributed by atoms with E-state index in [9.17, 15) is 14.7 Å². The van der Waals surface area contributed by atoms with Gasteiger partial charge in [-0.25, -0.2) is 0 Å². The van der Waals surface area contributed by atoms with E-state index < -0.39 is 23.5 Å². The molecule has 3 aromatic rings. The second-order valence-corrected chi connectivity index (χ2v) is 6.93. The number of hydrogen-bond donors (Lipinski definition) is 1. The fraction of sp³-hybridized carbons (Fsp3) is 0.125.